The van der Waals surface area contributed by atoms with Crippen LogP contribution in [0.2, 0.25) is 0 Å². The molecule has 1 atom stereocenters. The fourth-order valence-corrected chi connectivity index (χ4v) is 1.49. The highest BCUT2D eigenvalue weighted by Gasteiger charge is 2.13. The van der Waals surface area contributed by atoms with Gasteiger partial charge in [0, 0.05) is 0 Å². The van der Waals surface area contributed by atoms with Crippen molar-refractivity contribution in [3.63, 3.8) is 0 Å². The number of hydrogen-bond acceptors (Lipinski definition) is 4. The number of aliphatic imine (C=N–C) groups is 1. The third kappa shape index (κ3) is 1.53. The van der Waals surface area contributed by atoms with E-state index < -0.39 is 0 Å². The fourth-order valence-electron chi connectivity index (χ4n) is 0.943. The third-order valence-electron chi connectivity index (χ3n) is 1.50. The van der Waals surface area contributed by atoms with Gasteiger partial charge in [-0.2, -0.15) is 0 Å². The van der Waals surface area contributed by atoms with Crippen LogP contribution < -0.4 is 4.72 Å². The highest BCUT2D eigenvalue weighted by atomic mass is 32.2. The van der Waals surface area contributed by atoms with E-state index in [1.54, 1.807) is 18.7 Å². The minimum atomic E-state index is -0.0625. The van der Waals surface area contributed by atoms with Gasteiger partial charge in [0.2, 0.25) is 0 Å². The molecule has 2 aliphatic heterocycles. The van der Waals surface area contributed by atoms with Gasteiger partial charge < -0.3 is 9.46 Å². The Morgan fingerprint density at radius 3 is 3.25 bits per heavy atom. The highest BCUT2D eigenvalue weighted by Crippen LogP contribution is 2.14. The van der Waals surface area contributed by atoms with Gasteiger partial charge in [-0.05, 0) is 23.4 Å². The van der Waals surface area contributed by atoms with E-state index in [-0.39, 0.29) is 6.10 Å². The molecule has 1 unspecified atom stereocenters. The van der Waals surface area contributed by atoms with Crippen LogP contribution in [0.25, 0.3) is 0 Å². The van der Waals surface area contributed by atoms with Crippen LogP contribution in [0.5, 0.6) is 0 Å². The molecule has 3 nitrogen and oxygen atoms in total. The van der Waals surface area contributed by atoms with Crippen molar-refractivity contribution in [2.24, 2.45) is 4.99 Å². The van der Waals surface area contributed by atoms with Crippen LogP contribution in [0.1, 0.15) is 0 Å². The van der Waals surface area contributed by atoms with Crippen LogP contribution in [0.3, 0.4) is 0 Å². The first-order valence-electron chi connectivity index (χ1n) is 3.59. The Hall–Kier alpha value is -1.16. The lowest BCUT2D eigenvalue weighted by molar-refractivity contribution is 0.229. The summed E-state index contributed by atoms with van der Waals surface area (Å²) >= 11 is 1.53. The van der Waals surface area contributed by atoms with Crippen molar-refractivity contribution >= 4 is 18.2 Å². The van der Waals surface area contributed by atoms with Crippen molar-refractivity contribution in [3.8, 4) is 0 Å². The third-order valence-corrected chi connectivity index (χ3v) is 2.15. The molecule has 0 aromatic rings. The van der Waals surface area contributed by atoms with Gasteiger partial charge in [0.05, 0.1) is 18.1 Å². The first kappa shape index (κ1) is 7.49. The zero-order valence-corrected chi connectivity index (χ0v) is 7.12. The molecule has 2 aliphatic rings. The van der Waals surface area contributed by atoms with Crippen LogP contribution in [0.4, 0.5) is 0 Å². The van der Waals surface area contributed by atoms with Gasteiger partial charge >= 0.3 is 0 Å². The fraction of sp³-hybridized carbons (Fsp3) is 0.125. The van der Waals surface area contributed by atoms with Gasteiger partial charge in [-0.1, -0.05) is 6.08 Å². The average Bonchev–Trinajstić information content (AvgIpc) is 2.21. The molecule has 62 valence electrons. The van der Waals surface area contributed by atoms with Crippen molar-refractivity contribution in [3.05, 3.63) is 35.7 Å². The molecule has 0 aliphatic carbocycles. The van der Waals surface area contributed by atoms with Crippen molar-refractivity contribution < 1.29 is 4.74 Å². The minimum absolute atomic E-state index is 0.0625. The summed E-state index contributed by atoms with van der Waals surface area (Å²) in [6, 6.07) is 0. The monoisotopic (exact) mass is 180 g/mol. The minimum Gasteiger partial charge on any atom is -0.484 e. The number of rotatable bonds is 1. The molecule has 0 aromatic carbocycles. The zero-order valence-electron chi connectivity index (χ0n) is 6.31. The summed E-state index contributed by atoms with van der Waals surface area (Å²) in [4.78, 5) is 3.99. The molecule has 0 saturated heterocycles. The summed E-state index contributed by atoms with van der Waals surface area (Å²) in [6.45, 7) is 0. The number of nitrogens with one attached hydrogen (secondary N) is 1. The largest absolute Gasteiger partial charge is 0.484 e. The molecule has 0 bridgehead atoms. The van der Waals surface area contributed by atoms with E-state index in [2.05, 4.69) is 9.71 Å². The molecular weight excluding hydrogens is 172 g/mol. The number of ether oxygens (including phenoxy) is 1. The lowest BCUT2D eigenvalue weighted by Gasteiger charge is -2.19. The number of hydrogen-bond donors (Lipinski definition) is 1. The Morgan fingerprint density at radius 2 is 2.58 bits per heavy atom. The van der Waals surface area contributed by atoms with E-state index in [0.29, 0.717) is 0 Å². The van der Waals surface area contributed by atoms with Gasteiger partial charge in [0.15, 0.2) is 6.10 Å². The maximum Gasteiger partial charge on any atom is 0.173 e. The van der Waals surface area contributed by atoms with Crippen LogP contribution in [0, 0.1) is 0 Å². The van der Waals surface area contributed by atoms with E-state index >= 15 is 0 Å². The molecule has 4 heteroatoms. The predicted octanol–water partition coefficient (Wildman–Crippen LogP) is 1.58. The van der Waals surface area contributed by atoms with E-state index in [4.69, 9.17) is 4.74 Å². The molecule has 0 amide bonds. The van der Waals surface area contributed by atoms with Crippen LogP contribution in [0.15, 0.2) is 40.7 Å². The molecule has 0 saturated carbocycles. The molecule has 0 spiro atoms. The van der Waals surface area contributed by atoms with E-state index in [1.807, 2.05) is 17.6 Å². The molecule has 2 heterocycles. The first-order chi connectivity index (χ1) is 5.97. The van der Waals surface area contributed by atoms with E-state index in [9.17, 15) is 0 Å². The predicted molar refractivity (Wildman–Crippen MR) is 50.5 cm³/mol. The summed E-state index contributed by atoms with van der Waals surface area (Å²) in [5.74, 6) is 0. The highest BCUT2D eigenvalue weighted by molar-refractivity contribution is 8.00. The Kier molecular flexibility index (Phi) is 2.18. The molecular formula is C8H8N2OS. The summed E-state index contributed by atoms with van der Waals surface area (Å²) in [5, 5.41) is 1.97. The zero-order chi connectivity index (χ0) is 8.23. The second kappa shape index (κ2) is 3.49. The average molecular weight is 180 g/mol. The van der Waals surface area contributed by atoms with Gasteiger partial charge in [-0.3, -0.25) is 4.99 Å². The van der Waals surface area contributed by atoms with Crippen molar-refractivity contribution in [2.45, 2.75) is 6.10 Å². The smallest absolute Gasteiger partial charge is 0.173 e. The molecule has 12 heavy (non-hydrogen) atoms. The standard InChI is InChI=1S/C8H8N2OS/c1-2-7(10-12-5-1)8-6-9-3-4-11-8/h1-6,8,10H. The second-order valence-electron chi connectivity index (χ2n) is 2.31. The summed E-state index contributed by atoms with van der Waals surface area (Å²) < 4.78 is 8.44. The van der Waals surface area contributed by atoms with Gasteiger partial charge in [-0.25, -0.2) is 0 Å². The Morgan fingerprint density at radius 1 is 1.58 bits per heavy atom. The number of allylic oxidation sites excluding steroid dienone is 2. The molecule has 0 fully saturated rings. The normalized spacial score (nSPS) is 26.0. The topological polar surface area (TPSA) is 33.6 Å². The molecule has 0 radical (unpaired) electrons. The van der Waals surface area contributed by atoms with Crippen LogP contribution in [-0.2, 0) is 4.74 Å². The van der Waals surface area contributed by atoms with Crippen LogP contribution in [-0.4, -0.2) is 12.3 Å². The van der Waals surface area contributed by atoms with Crippen molar-refractivity contribution in [1.82, 2.24) is 4.72 Å². The number of nitrogens with zero attached hydrogens (tertiary/aromatic N) is 1. The molecule has 0 aromatic heterocycles. The van der Waals surface area contributed by atoms with E-state index in [1.165, 1.54) is 11.9 Å². The van der Waals surface area contributed by atoms with Gasteiger partial charge in [0.1, 0.15) is 6.26 Å². The Labute approximate surface area is 75.0 Å². The summed E-state index contributed by atoms with van der Waals surface area (Å²) in [7, 11) is 0. The maximum atomic E-state index is 5.31. The van der Waals surface area contributed by atoms with Crippen LogP contribution >= 0.6 is 11.9 Å². The Balaban J connectivity index is 2.09. The Bertz CT molecular complexity index is 281. The lowest BCUT2D eigenvalue weighted by Crippen LogP contribution is -2.24. The first-order valence-corrected chi connectivity index (χ1v) is 4.47. The maximum absolute atomic E-state index is 5.31. The van der Waals surface area contributed by atoms with Gasteiger partial charge in [0.25, 0.3) is 0 Å². The van der Waals surface area contributed by atoms with Crippen molar-refractivity contribution in [1.29, 1.82) is 0 Å². The summed E-state index contributed by atoms with van der Waals surface area (Å²) in [5.41, 5.74) is 1.02. The quantitative estimate of drug-likeness (QED) is 0.622. The SMILES string of the molecule is C1=CSNC(C2C=NC=CO2)=C1. The lowest BCUT2D eigenvalue weighted by atomic mass is 10.2. The van der Waals surface area contributed by atoms with Gasteiger partial charge in [-0.15, -0.1) is 0 Å². The summed E-state index contributed by atoms with van der Waals surface area (Å²) in [6.07, 6.45) is 8.88. The second-order valence-corrected chi connectivity index (χ2v) is 3.02. The van der Waals surface area contributed by atoms with Crippen molar-refractivity contribution in [2.75, 3.05) is 0 Å². The van der Waals surface area contributed by atoms with E-state index in [0.717, 1.165) is 5.70 Å². The molecule has 1 N–H and O–H groups in total. The molecule has 2 rings (SSSR count).